The molecule has 2 aliphatic rings. The molecule has 0 saturated carbocycles. The Kier molecular flexibility index (Phi) is 5.12. The van der Waals surface area contributed by atoms with Gasteiger partial charge in [0.15, 0.2) is 0 Å². The first kappa shape index (κ1) is 24.6. The summed E-state index contributed by atoms with van der Waals surface area (Å²) in [6.45, 7) is 0.0964. The van der Waals surface area contributed by atoms with Gasteiger partial charge in [-0.3, -0.25) is 0 Å². The Morgan fingerprint density at radius 3 is 1.58 bits per heavy atom. The van der Waals surface area contributed by atoms with Gasteiger partial charge in [-0.15, -0.1) is 0 Å². The van der Waals surface area contributed by atoms with Gasteiger partial charge in [-0.1, -0.05) is 121 Å². The molecule has 0 bridgehead atoms. The lowest BCUT2D eigenvalue weighted by atomic mass is 9.43. The van der Waals surface area contributed by atoms with E-state index in [1.54, 1.807) is 0 Å². The van der Waals surface area contributed by atoms with E-state index in [1.165, 1.54) is 83.2 Å². The van der Waals surface area contributed by atoms with Gasteiger partial charge in [0.2, 0.25) is 0 Å². The number of hydrogen-bond acceptors (Lipinski definition) is 1. The Bertz CT molecular complexity index is 2400. The maximum atomic E-state index is 2.58. The van der Waals surface area contributed by atoms with Crippen LogP contribution in [0.3, 0.4) is 0 Å². The highest BCUT2D eigenvalue weighted by atomic mass is 15.1. The third kappa shape index (κ3) is 3.47. The summed E-state index contributed by atoms with van der Waals surface area (Å²) in [5.74, 6) is 0. The van der Waals surface area contributed by atoms with E-state index in [0.717, 1.165) is 0 Å². The van der Waals surface area contributed by atoms with Crippen LogP contribution in [0, 0.1) is 0 Å². The Balaban J connectivity index is 1.24. The van der Waals surface area contributed by atoms with Gasteiger partial charge in [0.05, 0.1) is 11.0 Å². The van der Waals surface area contributed by atoms with Crippen molar-refractivity contribution in [3.63, 3.8) is 0 Å². The summed E-state index contributed by atoms with van der Waals surface area (Å²) in [6, 6.07) is 60.2. The molecule has 0 saturated heterocycles. The first-order valence-electron chi connectivity index (χ1n) is 15.6. The van der Waals surface area contributed by atoms with Gasteiger partial charge in [0, 0.05) is 39.0 Å². The molecule has 2 aliphatic heterocycles. The lowest BCUT2D eigenvalue weighted by molar-refractivity contribution is 1.18. The predicted octanol–water partition coefficient (Wildman–Crippen LogP) is 9.36. The molecule has 0 unspecified atom stereocenters. The first-order valence-corrected chi connectivity index (χ1v) is 15.6. The Hall–Kier alpha value is -5.80. The number of rotatable bonds is 2. The molecule has 45 heavy (non-hydrogen) atoms. The van der Waals surface area contributed by atoms with Crippen molar-refractivity contribution in [3.05, 3.63) is 164 Å². The van der Waals surface area contributed by atoms with Crippen molar-refractivity contribution in [2.75, 3.05) is 4.81 Å². The Morgan fingerprint density at radius 2 is 0.911 bits per heavy atom. The van der Waals surface area contributed by atoms with Crippen molar-refractivity contribution in [2.24, 2.45) is 0 Å². The fourth-order valence-electron chi connectivity index (χ4n) is 7.88. The molecule has 3 heteroatoms. The molecular formula is C42H27BN2. The third-order valence-electron chi connectivity index (χ3n) is 9.79. The van der Waals surface area contributed by atoms with Crippen molar-refractivity contribution in [3.8, 4) is 39.1 Å². The maximum absolute atomic E-state index is 2.58. The summed E-state index contributed by atoms with van der Waals surface area (Å²) in [5, 5.41) is 2.56. The average Bonchev–Trinajstić information content (AvgIpc) is 3.46. The van der Waals surface area contributed by atoms with Crippen molar-refractivity contribution in [1.29, 1.82) is 0 Å². The third-order valence-corrected chi connectivity index (χ3v) is 9.79. The monoisotopic (exact) mass is 570 g/mol. The van der Waals surface area contributed by atoms with Crippen LogP contribution in [0.15, 0.2) is 164 Å². The lowest BCUT2D eigenvalue weighted by Crippen LogP contribution is -2.59. The summed E-state index contributed by atoms with van der Waals surface area (Å²) in [4.78, 5) is 2.58. The highest BCUT2D eigenvalue weighted by molar-refractivity contribution is 6.92. The summed E-state index contributed by atoms with van der Waals surface area (Å²) >= 11 is 0. The molecule has 0 radical (unpaired) electrons. The lowest BCUT2D eigenvalue weighted by Gasteiger charge is -2.43. The molecule has 10 rings (SSSR count). The molecule has 0 amide bonds. The molecule has 1 aromatic heterocycles. The van der Waals surface area contributed by atoms with Crippen molar-refractivity contribution in [1.82, 2.24) is 4.57 Å². The zero-order valence-electron chi connectivity index (χ0n) is 24.6. The van der Waals surface area contributed by atoms with Gasteiger partial charge in [0.1, 0.15) is 0 Å². The van der Waals surface area contributed by atoms with E-state index in [1.807, 2.05) is 0 Å². The summed E-state index contributed by atoms with van der Waals surface area (Å²) in [6.07, 6.45) is 0. The van der Waals surface area contributed by atoms with Crippen molar-refractivity contribution in [2.45, 2.75) is 0 Å². The molecule has 0 spiro atoms. The van der Waals surface area contributed by atoms with E-state index in [-0.39, 0.29) is 6.85 Å². The number of nitrogens with zero attached hydrogens (tertiary/aromatic N) is 2. The normalized spacial score (nSPS) is 12.8. The number of para-hydroxylation sites is 2. The minimum absolute atomic E-state index is 0.0964. The molecule has 8 aromatic rings. The van der Waals surface area contributed by atoms with E-state index in [2.05, 4.69) is 173 Å². The molecular weight excluding hydrogens is 543 g/mol. The fraction of sp³-hybridized carbons (Fsp3) is 0. The quantitative estimate of drug-likeness (QED) is 0.188. The molecule has 0 N–H and O–H groups in total. The van der Waals surface area contributed by atoms with Crippen molar-refractivity contribution < 1.29 is 0 Å². The van der Waals surface area contributed by atoms with E-state index in [9.17, 15) is 0 Å². The minimum atomic E-state index is 0.0964. The number of fused-ring (bicyclic) bond motifs is 14. The second-order valence-electron chi connectivity index (χ2n) is 12.1. The number of hydrogen-bond donors (Lipinski definition) is 0. The van der Waals surface area contributed by atoms with Gasteiger partial charge in [-0.25, -0.2) is 0 Å². The van der Waals surface area contributed by atoms with Crippen LogP contribution in [-0.4, -0.2) is 11.4 Å². The van der Waals surface area contributed by atoms with Crippen LogP contribution < -0.4 is 15.7 Å². The summed E-state index contributed by atoms with van der Waals surface area (Å²) in [5.41, 5.74) is 16.4. The molecule has 2 nitrogen and oxygen atoms in total. The van der Waals surface area contributed by atoms with Gasteiger partial charge < -0.3 is 9.38 Å². The zero-order chi connectivity index (χ0) is 29.5. The molecule has 7 aromatic carbocycles. The fourth-order valence-corrected chi connectivity index (χ4v) is 7.88. The van der Waals surface area contributed by atoms with Crippen LogP contribution in [0.4, 0.5) is 11.4 Å². The zero-order valence-corrected chi connectivity index (χ0v) is 24.6. The Morgan fingerprint density at radius 1 is 0.378 bits per heavy atom. The van der Waals surface area contributed by atoms with E-state index in [4.69, 9.17) is 0 Å². The Labute approximate surface area is 262 Å². The highest BCUT2D eigenvalue weighted by Gasteiger charge is 2.42. The number of aromatic nitrogens is 1. The van der Waals surface area contributed by atoms with Gasteiger partial charge >= 0.3 is 6.85 Å². The average molecular weight is 571 g/mol. The van der Waals surface area contributed by atoms with Crippen LogP contribution in [0.5, 0.6) is 0 Å². The highest BCUT2D eigenvalue weighted by Crippen LogP contribution is 2.47. The van der Waals surface area contributed by atoms with Crippen molar-refractivity contribution >= 4 is 51.0 Å². The maximum Gasteiger partial charge on any atom is 0.329 e. The molecule has 0 atom stereocenters. The van der Waals surface area contributed by atoms with Crippen LogP contribution in [0.25, 0.3) is 60.9 Å². The van der Waals surface area contributed by atoms with Crippen LogP contribution in [0.2, 0.25) is 0 Å². The van der Waals surface area contributed by atoms with Gasteiger partial charge in [0.25, 0.3) is 0 Å². The minimum Gasteiger partial charge on any atom is -0.376 e. The van der Waals surface area contributed by atoms with Gasteiger partial charge in [-0.05, 0) is 75.6 Å². The molecule has 0 aliphatic carbocycles. The topological polar surface area (TPSA) is 8.17 Å². The van der Waals surface area contributed by atoms with Crippen LogP contribution in [-0.2, 0) is 0 Å². The van der Waals surface area contributed by atoms with E-state index in [0.29, 0.717) is 0 Å². The molecule has 208 valence electrons. The largest absolute Gasteiger partial charge is 0.376 e. The number of anilines is 2. The van der Waals surface area contributed by atoms with Gasteiger partial charge in [-0.2, -0.15) is 0 Å². The molecule has 0 fully saturated rings. The SMILES string of the molecule is c1ccc(-c2ccc3c(c2)-c2ccccc2B2c4ccccc4-c4cc(-n5c6ccccc6c6ccccc65)ccc4N23)cc1. The number of benzene rings is 7. The first-order chi connectivity index (χ1) is 22.3. The summed E-state index contributed by atoms with van der Waals surface area (Å²) < 4.78 is 2.42. The van der Waals surface area contributed by atoms with E-state index < -0.39 is 0 Å². The van der Waals surface area contributed by atoms with E-state index >= 15 is 0 Å². The van der Waals surface area contributed by atoms with Crippen LogP contribution in [0.1, 0.15) is 0 Å². The standard InChI is InChI=1S/C42H27BN2/c1-2-12-28(13-3-1)29-22-24-41-35(26-29)31-14-4-8-18-37(31)43-38-19-9-5-15-32(38)36-27-30(23-25-42(36)45(41)43)44-39-20-10-6-16-33(39)34-17-7-11-21-40(34)44/h1-27H. The smallest absolute Gasteiger partial charge is 0.329 e. The molecule has 3 heterocycles. The second-order valence-corrected chi connectivity index (χ2v) is 12.1. The van der Waals surface area contributed by atoms with Crippen LogP contribution >= 0.6 is 0 Å². The predicted molar refractivity (Wildman–Crippen MR) is 191 cm³/mol. The summed E-state index contributed by atoms with van der Waals surface area (Å²) in [7, 11) is 0. The second kappa shape index (κ2) is 9.35.